The zero-order valence-corrected chi connectivity index (χ0v) is 18.4. The Kier molecular flexibility index (Phi) is 5.64. The first-order chi connectivity index (χ1) is 16.0. The highest BCUT2D eigenvalue weighted by Crippen LogP contribution is 2.33. The number of rotatable bonds is 4. The summed E-state index contributed by atoms with van der Waals surface area (Å²) >= 11 is 0. The Morgan fingerprint density at radius 2 is 1.68 bits per heavy atom. The first-order valence-corrected chi connectivity index (χ1v) is 10.2. The van der Waals surface area contributed by atoms with Crippen molar-refractivity contribution in [1.29, 1.82) is 0 Å². The number of alkyl halides is 3. The van der Waals surface area contributed by atoms with E-state index < -0.39 is 29.3 Å². The minimum absolute atomic E-state index is 0.0594. The van der Waals surface area contributed by atoms with Gasteiger partial charge < -0.3 is 4.74 Å². The van der Waals surface area contributed by atoms with Crippen LogP contribution in [0.15, 0.2) is 57.9 Å². The number of esters is 1. The Morgan fingerprint density at radius 1 is 1.03 bits per heavy atom. The van der Waals surface area contributed by atoms with Crippen LogP contribution in [0.4, 0.5) is 18.9 Å². The summed E-state index contributed by atoms with van der Waals surface area (Å²) in [6.07, 6.45) is -3.79. The summed E-state index contributed by atoms with van der Waals surface area (Å²) in [4.78, 5) is 36.9. The Labute approximate surface area is 191 Å². The highest BCUT2D eigenvalue weighted by molar-refractivity contribution is 6.34. The van der Waals surface area contributed by atoms with Crippen molar-refractivity contribution in [3.05, 3.63) is 69.6 Å². The van der Waals surface area contributed by atoms with Gasteiger partial charge in [-0.15, -0.1) is 0 Å². The number of fused-ring (bicyclic) bond motifs is 1. The molecule has 0 unspecified atom stereocenters. The number of ether oxygens (including phenoxy) is 1. The number of carbonyl (C=O) groups excluding carboxylic acids is 2. The van der Waals surface area contributed by atoms with Gasteiger partial charge in [-0.3, -0.25) is 13.9 Å². The van der Waals surface area contributed by atoms with Crippen LogP contribution in [0.5, 0.6) is 0 Å². The second-order valence-electron chi connectivity index (χ2n) is 7.54. The predicted octanol–water partition coefficient (Wildman–Crippen LogP) is 3.40. The molecule has 1 aliphatic rings. The van der Waals surface area contributed by atoms with Crippen molar-refractivity contribution in [2.45, 2.75) is 13.1 Å². The molecule has 0 aliphatic carbocycles. The molecule has 1 aromatic heterocycles. The smallest absolute Gasteiger partial charge is 0.435 e. The van der Waals surface area contributed by atoms with Crippen LogP contribution in [-0.4, -0.2) is 39.5 Å². The van der Waals surface area contributed by atoms with E-state index >= 15 is 0 Å². The summed E-state index contributed by atoms with van der Waals surface area (Å²) in [5, 5.41) is 4.17. The molecule has 0 saturated heterocycles. The molecule has 0 bridgehead atoms. The third-order valence-electron chi connectivity index (χ3n) is 5.38. The van der Waals surface area contributed by atoms with Gasteiger partial charge in [-0.25, -0.2) is 9.59 Å². The van der Waals surface area contributed by atoms with Crippen molar-refractivity contribution >= 4 is 40.4 Å². The summed E-state index contributed by atoms with van der Waals surface area (Å²) in [6.45, 7) is 1.81. The van der Waals surface area contributed by atoms with Crippen LogP contribution in [0.25, 0.3) is 17.1 Å². The summed E-state index contributed by atoms with van der Waals surface area (Å²) in [6, 6.07) is 9.96. The van der Waals surface area contributed by atoms with E-state index in [0.29, 0.717) is 21.6 Å². The first-order valence-electron chi connectivity index (χ1n) is 10.2. The third-order valence-corrected chi connectivity index (χ3v) is 5.38. The van der Waals surface area contributed by atoms with Crippen LogP contribution in [0.3, 0.4) is 0 Å². The van der Waals surface area contributed by atoms with Gasteiger partial charge in [0, 0.05) is 14.1 Å². The van der Waals surface area contributed by atoms with Crippen molar-refractivity contribution in [2.24, 2.45) is 19.2 Å². The predicted molar refractivity (Wildman–Crippen MR) is 120 cm³/mol. The van der Waals surface area contributed by atoms with E-state index in [4.69, 9.17) is 4.74 Å². The van der Waals surface area contributed by atoms with Gasteiger partial charge in [0.05, 0.1) is 34.5 Å². The summed E-state index contributed by atoms with van der Waals surface area (Å²) in [5.41, 5.74) is -0.611. The average molecular weight is 472 g/mol. The number of aromatic nitrogens is 2. The fourth-order valence-electron chi connectivity index (χ4n) is 3.66. The Morgan fingerprint density at radius 3 is 2.29 bits per heavy atom. The van der Waals surface area contributed by atoms with Gasteiger partial charge in [-0.2, -0.15) is 23.3 Å². The molecule has 0 saturated carbocycles. The SMILES string of the molecule is CCOC(=O)c1ccc(N2N=C(C(F)(F)F)/C(=C/c3ccc4c(c3)n(C)c(=O)n4C)C2=O)cc1. The minimum atomic E-state index is -4.88. The number of nitrogens with zero attached hydrogens (tertiary/aromatic N) is 4. The van der Waals surface area contributed by atoms with Crippen LogP contribution in [0, 0.1) is 0 Å². The molecule has 11 heteroatoms. The van der Waals surface area contributed by atoms with E-state index in [2.05, 4.69) is 5.10 Å². The largest absolute Gasteiger partial charge is 0.462 e. The van der Waals surface area contributed by atoms with E-state index in [1.807, 2.05) is 0 Å². The maximum absolute atomic E-state index is 13.7. The molecule has 0 spiro atoms. The van der Waals surface area contributed by atoms with Gasteiger partial charge in [0.1, 0.15) is 0 Å². The highest BCUT2D eigenvalue weighted by atomic mass is 19.4. The monoisotopic (exact) mass is 472 g/mol. The van der Waals surface area contributed by atoms with Crippen molar-refractivity contribution in [3.63, 3.8) is 0 Å². The van der Waals surface area contributed by atoms with Crippen LogP contribution in [0.2, 0.25) is 0 Å². The Hall–Kier alpha value is -4.15. The van der Waals surface area contributed by atoms with Gasteiger partial charge in [-0.05, 0) is 55.0 Å². The number of carbonyl (C=O) groups is 2. The Balaban J connectivity index is 1.74. The van der Waals surface area contributed by atoms with Crippen molar-refractivity contribution in [1.82, 2.24) is 9.13 Å². The van der Waals surface area contributed by atoms with E-state index in [0.717, 1.165) is 6.08 Å². The summed E-state index contributed by atoms with van der Waals surface area (Å²) < 4.78 is 48.9. The van der Waals surface area contributed by atoms with E-state index in [-0.39, 0.29) is 23.5 Å². The number of imidazole rings is 1. The zero-order valence-electron chi connectivity index (χ0n) is 18.4. The summed E-state index contributed by atoms with van der Waals surface area (Å²) in [5.74, 6) is -1.56. The molecule has 0 atom stereocenters. The van der Waals surface area contributed by atoms with Crippen molar-refractivity contribution in [3.8, 4) is 0 Å². The topological polar surface area (TPSA) is 85.9 Å². The third kappa shape index (κ3) is 3.89. The molecule has 8 nitrogen and oxygen atoms in total. The number of anilines is 1. The van der Waals surface area contributed by atoms with Gasteiger partial charge in [0.15, 0.2) is 5.71 Å². The zero-order chi connectivity index (χ0) is 24.8. The van der Waals surface area contributed by atoms with Gasteiger partial charge in [-0.1, -0.05) is 6.07 Å². The van der Waals surface area contributed by atoms with Gasteiger partial charge in [0.25, 0.3) is 5.91 Å². The molecular weight excluding hydrogens is 453 g/mol. The van der Waals surface area contributed by atoms with E-state index in [1.54, 1.807) is 27.1 Å². The first kappa shape index (κ1) is 23.0. The molecular formula is C23H19F3N4O4. The normalized spacial score (nSPS) is 15.4. The second-order valence-corrected chi connectivity index (χ2v) is 7.54. The number of hydrogen-bond acceptors (Lipinski definition) is 5. The standard InChI is InChI=1S/C23H19F3N4O4/c1-4-34-21(32)14-6-8-15(9-7-14)30-20(31)16(19(27-30)23(24,25)26)11-13-5-10-17-18(12-13)29(3)22(33)28(17)2/h5-12H,4H2,1-3H3/b16-11-. The number of halogens is 3. The van der Waals surface area contributed by atoms with Crippen molar-refractivity contribution in [2.75, 3.05) is 11.6 Å². The van der Waals surface area contributed by atoms with E-state index in [9.17, 15) is 27.6 Å². The lowest BCUT2D eigenvalue weighted by Crippen LogP contribution is -2.25. The molecule has 2 heterocycles. The molecule has 4 rings (SSSR count). The lowest BCUT2D eigenvalue weighted by molar-refractivity contribution is -0.114. The Bertz CT molecular complexity index is 1430. The van der Waals surface area contributed by atoms with Crippen molar-refractivity contribution < 1.29 is 27.5 Å². The molecule has 176 valence electrons. The molecule has 1 aliphatic heterocycles. The van der Waals surface area contributed by atoms with Crippen LogP contribution >= 0.6 is 0 Å². The molecule has 1 amide bonds. The van der Waals surface area contributed by atoms with Crippen LogP contribution in [-0.2, 0) is 23.6 Å². The van der Waals surface area contributed by atoms with Gasteiger partial charge >= 0.3 is 17.8 Å². The van der Waals surface area contributed by atoms with Crippen LogP contribution < -0.4 is 10.7 Å². The average Bonchev–Trinajstić information content (AvgIpc) is 3.24. The number of hydrogen-bond donors (Lipinski definition) is 0. The summed E-state index contributed by atoms with van der Waals surface area (Å²) in [7, 11) is 3.13. The number of hydrazone groups is 1. The quantitative estimate of drug-likeness (QED) is 0.430. The van der Waals surface area contributed by atoms with Crippen LogP contribution in [0.1, 0.15) is 22.8 Å². The fraction of sp³-hybridized carbons (Fsp3) is 0.217. The lowest BCUT2D eigenvalue weighted by Gasteiger charge is -2.12. The fourth-order valence-corrected chi connectivity index (χ4v) is 3.66. The van der Waals surface area contributed by atoms with Gasteiger partial charge in [0.2, 0.25) is 0 Å². The molecule has 0 radical (unpaired) electrons. The molecule has 2 aromatic carbocycles. The molecule has 0 N–H and O–H groups in total. The van der Waals surface area contributed by atoms with E-state index in [1.165, 1.54) is 45.5 Å². The number of aryl methyl sites for hydroxylation is 2. The maximum atomic E-state index is 13.7. The molecule has 0 fully saturated rings. The number of benzene rings is 2. The molecule has 34 heavy (non-hydrogen) atoms. The lowest BCUT2D eigenvalue weighted by atomic mass is 10.1. The second kappa shape index (κ2) is 8.32. The molecule has 3 aromatic rings. The maximum Gasteiger partial charge on any atom is 0.435 e. The number of amides is 1. The highest BCUT2D eigenvalue weighted by Gasteiger charge is 2.46. The minimum Gasteiger partial charge on any atom is -0.462 e.